The lowest BCUT2D eigenvalue weighted by Gasteiger charge is -2.36. The normalized spacial score (nSPS) is 13.9. The van der Waals surface area contributed by atoms with E-state index >= 15 is 0 Å². The molecule has 0 atom stereocenters. The monoisotopic (exact) mass is 575 g/mol. The van der Waals surface area contributed by atoms with Gasteiger partial charge in [-0.25, -0.2) is 19.2 Å². The van der Waals surface area contributed by atoms with Gasteiger partial charge in [0.05, 0.1) is 11.2 Å². The SMILES string of the molecule is CCc1c(N(C)c2nc(-c3ccc(F)cc3)c(C#N)s2)c2nc(N3CCN(C(=O)OC(C)(C)C)CC3)ccc2n1C. The summed E-state index contributed by atoms with van der Waals surface area (Å²) >= 11 is 1.30. The van der Waals surface area contributed by atoms with Crippen molar-refractivity contribution in [1.82, 2.24) is 19.4 Å². The molecule has 1 aliphatic heterocycles. The predicted octanol–water partition coefficient (Wildman–Crippen LogP) is 6.09. The number of thiazole rings is 1. The van der Waals surface area contributed by atoms with Crippen LogP contribution in [0.3, 0.4) is 0 Å². The Morgan fingerprint density at radius 3 is 2.41 bits per heavy atom. The van der Waals surface area contributed by atoms with Gasteiger partial charge in [0.25, 0.3) is 0 Å². The molecule has 0 unspecified atom stereocenters. The average molecular weight is 576 g/mol. The Morgan fingerprint density at radius 1 is 1.12 bits per heavy atom. The number of nitriles is 1. The number of pyridine rings is 1. The van der Waals surface area contributed by atoms with E-state index in [1.54, 1.807) is 17.0 Å². The number of benzene rings is 1. The van der Waals surface area contributed by atoms with Crippen molar-refractivity contribution in [2.24, 2.45) is 7.05 Å². The van der Waals surface area contributed by atoms with Crippen molar-refractivity contribution in [3.63, 3.8) is 0 Å². The number of piperazine rings is 1. The van der Waals surface area contributed by atoms with Gasteiger partial charge in [-0.1, -0.05) is 18.3 Å². The predicted molar refractivity (Wildman–Crippen MR) is 160 cm³/mol. The summed E-state index contributed by atoms with van der Waals surface area (Å²) in [7, 11) is 3.97. The van der Waals surface area contributed by atoms with E-state index in [9.17, 15) is 14.4 Å². The fourth-order valence-corrected chi connectivity index (χ4v) is 5.99. The molecular weight excluding hydrogens is 541 g/mol. The van der Waals surface area contributed by atoms with Crippen LogP contribution in [-0.4, -0.2) is 64.4 Å². The maximum Gasteiger partial charge on any atom is 0.410 e. The molecule has 11 heteroatoms. The van der Waals surface area contributed by atoms with E-state index in [0.29, 0.717) is 47.4 Å². The summed E-state index contributed by atoms with van der Waals surface area (Å²) in [5, 5.41) is 10.5. The number of amides is 1. The zero-order valence-electron chi connectivity index (χ0n) is 24.2. The molecule has 1 aromatic carbocycles. The van der Waals surface area contributed by atoms with Gasteiger partial charge in [-0.3, -0.25) is 0 Å². The number of rotatable bonds is 5. The number of nitrogens with zero attached hydrogens (tertiary/aromatic N) is 7. The molecule has 0 bridgehead atoms. The maximum absolute atomic E-state index is 13.5. The number of aryl methyl sites for hydroxylation is 1. The van der Waals surface area contributed by atoms with Crippen molar-refractivity contribution >= 4 is 45.1 Å². The number of ether oxygens (including phenoxy) is 1. The van der Waals surface area contributed by atoms with Crippen LogP contribution < -0.4 is 9.80 Å². The van der Waals surface area contributed by atoms with Crippen LogP contribution in [0.2, 0.25) is 0 Å². The maximum atomic E-state index is 13.5. The van der Waals surface area contributed by atoms with Crippen LogP contribution in [0.15, 0.2) is 36.4 Å². The Labute approximate surface area is 243 Å². The minimum Gasteiger partial charge on any atom is -0.444 e. The quantitative estimate of drug-likeness (QED) is 0.284. The lowest BCUT2D eigenvalue weighted by Crippen LogP contribution is -2.50. The molecule has 9 nitrogen and oxygen atoms in total. The third kappa shape index (κ3) is 5.57. The second kappa shape index (κ2) is 11.0. The fourth-order valence-electron chi connectivity index (χ4n) is 5.13. The summed E-state index contributed by atoms with van der Waals surface area (Å²) in [5.74, 6) is 0.504. The van der Waals surface area contributed by atoms with Crippen LogP contribution in [0.25, 0.3) is 22.3 Å². The zero-order chi connectivity index (χ0) is 29.5. The summed E-state index contributed by atoms with van der Waals surface area (Å²) in [6, 6.07) is 12.4. The first-order valence-electron chi connectivity index (χ1n) is 13.6. The van der Waals surface area contributed by atoms with Gasteiger partial charge in [-0.05, 0) is 63.6 Å². The van der Waals surface area contributed by atoms with Gasteiger partial charge in [0, 0.05) is 51.5 Å². The second-order valence-corrected chi connectivity index (χ2v) is 12.0. The lowest BCUT2D eigenvalue weighted by molar-refractivity contribution is 0.0240. The Morgan fingerprint density at radius 2 is 1.80 bits per heavy atom. The number of carbonyl (C=O) groups is 1. The largest absolute Gasteiger partial charge is 0.444 e. The minimum atomic E-state index is -0.529. The average Bonchev–Trinajstić information content (AvgIpc) is 3.51. The molecule has 1 amide bonds. The van der Waals surface area contributed by atoms with Crippen molar-refractivity contribution < 1.29 is 13.9 Å². The van der Waals surface area contributed by atoms with Crippen molar-refractivity contribution in [1.29, 1.82) is 5.26 Å². The van der Waals surface area contributed by atoms with Crippen LogP contribution in [-0.2, 0) is 18.2 Å². The molecule has 0 radical (unpaired) electrons. The van der Waals surface area contributed by atoms with E-state index in [2.05, 4.69) is 28.5 Å². The van der Waals surface area contributed by atoms with Gasteiger partial charge >= 0.3 is 6.09 Å². The van der Waals surface area contributed by atoms with Crippen LogP contribution in [0.4, 0.5) is 25.8 Å². The third-order valence-electron chi connectivity index (χ3n) is 7.17. The van der Waals surface area contributed by atoms with Crippen molar-refractivity contribution in [3.05, 3.63) is 52.8 Å². The van der Waals surface area contributed by atoms with E-state index in [1.165, 1.54) is 23.5 Å². The lowest BCUT2D eigenvalue weighted by atomic mass is 10.1. The highest BCUT2D eigenvalue weighted by Crippen LogP contribution is 2.40. The van der Waals surface area contributed by atoms with Gasteiger partial charge in [0.2, 0.25) is 0 Å². The summed E-state index contributed by atoms with van der Waals surface area (Å²) in [4.78, 5) is 28.9. The van der Waals surface area contributed by atoms with Crippen molar-refractivity contribution in [2.45, 2.75) is 39.7 Å². The summed E-state index contributed by atoms with van der Waals surface area (Å²) < 4.78 is 21.2. The smallest absolute Gasteiger partial charge is 0.410 e. The topological polar surface area (TPSA) is 90.5 Å². The van der Waals surface area contributed by atoms with Crippen LogP contribution in [0.5, 0.6) is 0 Å². The molecule has 5 rings (SSSR count). The van der Waals surface area contributed by atoms with Gasteiger partial charge in [0.1, 0.15) is 39.4 Å². The Kier molecular flexibility index (Phi) is 7.62. The first kappa shape index (κ1) is 28.4. The Bertz CT molecular complexity index is 1620. The summed E-state index contributed by atoms with van der Waals surface area (Å²) in [6.07, 6.45) is 0.484. The highest BCUT2D eigenvalue weighted by atomic mass is 32.1. The molecule has 41 heavy (non-hydrogen) atoms. The number of anilines is 3. The molecule has 0 aliphatic carbocycles. The molecule has 0 N–H and O–H groups in total. The van der Waals surface area contributed by atoms with E-state index in [4.69, 9.17) is 14.7 Å². The van der Waals surface area contributed by atoms with Gasteiger partial charge in [-0.2, -0.15) is 5.26 Å². The highest BCUT2D eigenvalue weighted by molar-refractivity contribution is 7.16. The molecule has 0 spiro atoms. The zero-order valence-corrected chi connectivity index (χ0v) is 25.0. The minimum absolute atomic E-state index is 0.291. The molecule has 214 valence electrons. The first-order valence-corrected chi connectivity index (χ1v) is 14.4. The van der Waals surface area contributed by atoms with E-state index in [0.717, 1.165) is 34.7 Å². The molecule has 1 aliphatic rings. The fraction of sp³-hybridized carbons (Fsp3) is 0.400. The van der Waals surface area contributed by atoms with Crippen molar-refractivity contribution in [3.8, 4) is 17.3 Å². The standard InChI is InChI=1S/C30H34FN7O2S/c1-7-21-27(36(6)28-34-25(23(18-32)41-28)19-8-10-20(31)11-9-19)26-22(35(21)5)12-13-24(33-26)37-14-16-38(17-15-37)29(39)40-30(2,3)4/h8-13H,7,14-17H2,1-6H3. The Hall–Kier alpha value is -4.17. The number of fused-ring (bicyclic) bond motifs is 1. The van der Waals surface area contributed by atoms with E-state index < -0.39 is 5.60 Å². The number of aromatic nitrogens is 3. The van der Waals surface area contributed by atoms with Gasteiger partial charge in [-0.15, -0.1) is 0 Å². The van der Waals surface area contributed by atoms with Crippen LogP contribution in [0, 0.1) is 17.1 Å². The molecule has 1 fully saturated rings. The number of halogens is 1. The van der Waals surface area contributed by atoms with Gasteiger partial charge < -0.3 is 24.0 Å². The number of hydrogen-bond donors (Lipinski definition) is 0. The molecule has 1 saturated heterocycles. The highest BCUT2D eigenvalue weighted by Gasteiger charge is 2.28. The molecule has 4 aromatic rings. The summed E-state index contributed by atoms with van der Waals surface area (Å²) in [6.45, 7) is 10.1. The third-order valence-corrected chi connectivity index (χ3v) is 8.21. The summed E-state index contributed by atoms with van der Waals surface area (Å²) in [5.41, 5.74) is 4.57. The van der Waals surface area contributed by atoms with Crippen LogP contribution in [0.1, 0.15) is 38.3 Å². The molecule has 0 saturated carbocycles. The number of hydrogen-bond acceptors (Lipinski definition) is 8. The molecule has 4 heterocycles. The molecule has 3 aromatic heterocycles. The second-order valence-electron chi connectivity index (χ2n) is 11.1. The van der Waals surface area contributed by atoms with Gasteiger partial charge in [0.15, 0.2) is 5.13 Å². The first-order chi connectivity index (χ1) is 19.5. The van der Waals surface area contributed by atoms with E-state index in [1.807, 2.05) is 45.8 Å². The molecular formula is C30H34FN7O2S. The van der Waals surface area contributed by atoms with Crippen LogP contribution >= 0.6 is 11.3 Å². The van der Waals surface area contributed by atoms with Crippen molar-refractivity contribution in [2.75, 3.05) is 43.0 Å². The number of carbonyl (C=O) groups excluding carboxylic acids is 1. The van der Waals surface area contributed by atoms with E-state index in [-0.39, 0.29) is 11.9 Å². The Balaban J connectivity index is 1.47.